The molecule has 0 bridgehead atoms. The van der Waals surface area contributed by atoms with Crippen molar-refractivity contribution in [1.82, 2.24) is 5.32 Å². The average Bonchev–Trinajstić information content (AvgIpc) is 2.49. The molecule has 128 valence electrons. The zero-order valence-electron chi connectivity index (χ0n) is 12.2. The van der Waals surface area contributed by atoms with Crippen LogP contribution >= 0.6 is 0 Å². The van der Waals surface area contributed by atoms with Crippen LogP contribution in [0, 0.1) is 0 Å². The van der Waals surface area contributed by atoms with E-state index in [1.807, 2.05) is 30.3 Å². The molecular formula is C15H18F3NO4. The summed E-state index contributed by atoms with van der Waals surface area (Å²) < 4.78 is 31.7. The summed E-state index contributed by atoms with van der Waals surface area (Å²) in [6.07, 6.45) is -1.86. The SMILES string of the molecule is O=C(O)C(F)(F)F.O=C(O)[C@@H](c1ccccc1)[C@@H]1CCCCN1. The first-order chi connectivity index (χ1) is 10.7. The van der Waals surface area contributed by atoms with Crippen molar-refractivity contribution in [1.29, 1.82) is 0 Å². The van der Waals surface area contributed by atoms with E-state index in [1.54, 1.807) is 0 Å². The second-order valence-corrected chi connectivity index (χ2v) is 5.09. The van der Waals surface area contributed by atoms with Gasteiger partial charge < -0.3 is 15.5 Å². The number of aliphatic carboxylic acids is 2. The highest BCUT2D eigenvalue weighted by molar-refractivity contribution is 5.77. The molecule has 0 amide bonds. The molecule has 8 heteroatoms. The molecule has 1 aliphatic heterocycles. The zero-order chi connectivity index (χ0) is 17.5. The lowest BCUT2D eigenvalue weighted by Crippen LogP contribution is -2.41. The molecule has 1 aliphatic rings. The lowest BCUT2D eigenvalue weighted by Gasteiger charge is -2.29. The van der Waals surface area contributed by atoms with Gasteiger partial charge in [0.15, 0.2) is 0 Å². The van der Waals surface area contributed by atoms with Crippen molar-refractivity contribution in [2.75, 3.05) is 6.54 Å². The summed E-state index contributed by atoms with van der Waals surface area (Å²) in [6.45, 7) is 0.932. The Morgan fingerprint density at radius 3 is 2.09 bits per heavy atom. The Morgan fingerprint density at radius 1 is 1.13 bits per heavy atom. The number of piperidine rings is 1. The molecule has 1 saturated heterocycles. The van der Waals surface area contributed by atoms with E-state index in [0.29, 0.717) is 0 Å². The fourth-order valence-electron chi connectivity index (χ4n) is 2.37. The molecule has 0 aromatic heterocycles. The Hall–Kier alpha value is -2.09. The minimum Gasteiger partial charge on any atom is -0.481 e. The number of alkyl halides is 3. The maximum Gasteiger partial charge on any atom is 0.490 e. The Bertz CT molecular complexity index is 513. The Morgan fingerprint density at radius 2 is 1.70 bits per heavy atom. The third kappa shape index (κ3) is 6.27. The molecule has 0 saturated carbocycles. The predicted molar refractivity (Wildman–Crippen MR) is 76.2 cm³/mol. The molecule has 1 heterocycles. The Kier molecular flexibility index (Phi) is 7.02. The molecule has 3 N–H and O–H groups in total. The van der Waals surface area contributed by atoms with Crippen LogP contribution in [0.1, 0.15) is 30.7 Å². The molecule has 0 unspecified atom stereocenters. The maximum absolute atomic E-state index is 11.4. The quantitative estimate of drug-likeness (QED) is 0.792. The number of rotatable bonds is 3. The van der Waals surface area contributed by atoms with Gasteiger partial charge in [-0.05, 0) is 24.9 Å². The molecule has 0 radical (unpaired) electrons. The summed E-state index contributed by atoms with van der Waals surface area (Å²) >= 11 is 0. The molecule has 2 atom stereocenters. The minimum atomic E-state index is -5.08. The highest BCUT2D eigenvalue weighted by Crippen LogP contribution is 2.25. The van der Waals surface area contributed by atoms with E-state index in [1.165, 1.54) is 0 Å². The van der Waals surface area contributed by atoms with Gasteiger partial charge in [-0.2, -0.15) is 13.2 Å². The van der Waals surface area contributed by atoms with Crippen molar-refractivity contribution < 1.29 is 33.0 Å². The van der Waals surface area contributed by atoms with Gasteiger partial charge >= 0.3 is 18.1 Å². The maximum atomic E-state index is 11.4. The first-order valence-electron chi connectivity index (χ1n) is 7.04. The van der Waals surface area contributed by atoms with Crippen LogP contribution in [0.4, 0.5) is 13.2 Å². The molecule has 1 fully saturated rings. The van der Waals surface area contributed by atoms with Crippen molar-refractivity contribution in [3.63, 3.8) is 0 Å². The predicted octanol–water partition coefficient (Wildman–Crippen LogP) is 2.63. The molecule has 1 aromatic rings. The van der Waals surface area contributed by atoms with Crippen molar-refractivity contribution >= 4 is 11.9 Å². The van der Waals surface area contributed by atoms with Gasteiger partial charge in [-0.25, -0.2) is 4.79 Å². The van der Waals surface area contributed by atoms with E-state index < -0.39 is 24.0 Å². The van der Waals surface area contributed by atoms with E-state index in [-0.39, 0.29) is 6.04 Å². The standard InChI is InChI=1S/C13H17NO2.C2HF3O2/c15-13(16)12(10-6-2-1-3-7-10)11-8-4-5-9-14-11;3-2(4,5)1(6)7/h1-3,6-7,11-12,14H,4-5,8-9H2,(H,15,16);(H,6,7)/t11-,12-;/m0./s1. The lowest BCUT2D eigenvalue weighted by atomic mass is 9.86. The van der Waals surface area contributed by atoms with Gasteiger partial charge in [-0.1, -0.05) is 36.8 Å². The highest BCUT2D eigenvalue weighted by Gasteiger charge is 2.38. The summed E-state index contributed by atoms with van der Waals surface area (Å²) in [6, 6.07) is 9.58. The van der Waals surface area contributed by atoms with Crippen LogP contribution in [0.3, 0.4) is 0 Å². The van der Waals surface area contributed by atoms with Crippen molar-refractivity contribution in [3.8, 4) is 0 Å². The van der Waals surface area contributed by atoms with Crippen LogP contribution in [0.2, 0.25) is 0 Å². The molecule has 0 aliphatic carbocycles. The molecule has 5 nitrogen and oxygen atoms in total. The molecule has 2 rings (SSSR count). The second kappa shape index (κ2) is 8.52. The zero-order valence-corrected chi connectivity index (χ0v) is 12.2. The Balaban J connectivity index is 0.000000322. The topological polar surface area (TPSA) is 86.6 Å². The van der Waals surface area contributed by atoms with Gasteiger partial charge in [0.2, 0.25) is 0 Å². The van der Waals surface area contributed by atoms with Gasteiger partial charge in [0.05, 0.1) is 5.92 Å². The largest absolute Gasteiger partial charge is 0.490 e. The van der Waals surface area contributed by atoms with Gasteiger partial charge in [0.25, 0.3) is 0 Å². The van der Waals surface area contributed by atoms with Crippen molar-refractivity contribution in [2.24, 2.45) is 0 Å². The van der Waals surface area contributed by atoms with Crippen LogP contribution < -0.4 is 5.32 Å². The fraction of sp³-hybridized carbons (Fsp3) is 0.467. The van der Waals surface area contributed by atoms with Crippen LogP contribution in [-0.4, -0.2) is 40.9 Å². The highest BCUT2D eigenvalue weighted by atomic mass is 19.4. The number of hydrogen-bond acceptors (Lipinski definition) is 3. The second-order valence-electron chi connectivity index (χ2n) is 5.09. The van der Waals surface area contributed by atoms with Crippen LogP contribution in [0.25, 0.3) is 0 Å². The van der Waals surface area contributed by atoms with E-state index in [2.05, 4.69) is 5.32 Å². The monoisotopic (exact) mass is 333 g/mol. The number of halogens is 3. The summed E-state index contributed by atoms with van der Waals surface area (Å²) in [5, 5.41) is 19.8. The molecule has 1 aromatic carbocycles. The van der Waals surface area contributed by atoms with E-state index >= 15 is 0 Å². The lowest BCUT2D eigenvalue weighted by molar-refractivity contribution is -0.192. The number of nitrogens with one attached hydrogen (secondary N) is 1. The number of carbonyl (C=O) groups is 2. The van der Waals surface area contributed by atoms with Crippen molar-refractivity contribution in [2.45, 2.75) is 37.4 Å². The van der Waals surface area contributed by atoms with E-state index in [0.717, 1.165) is 31.4 Å². The van der Waals surface area contributed by atoms with Gasteiger partial charge in [0, 0.05) is 6.04 Å². The average molecular weight is 333 g/mol. The molecular weight excluding hydrogens is 315 g/mol. The summed E-state index contributed by atoms with van der Waals surface area (Å²) in [7, 11) is 0. The van der Waals surface area contributed by atoms with Crippen LogP contribution in [-0.2, 0) is 9.59 Å². The van der Waals surface area contributed by atoms with Gasteiger partial charge in [-0.3, -0.25) is 4.79 Å². The number of carboxylic acid groups (broad SMARTS) is 2. The third-order valence-electron chi connectivity index (χ3n) is 3.42. The van der Waals surface area contributed by atoms with Gasteiger partial charge in [0.1, 0.15) is 0 Å². The fourth-order valence-corrected chi connectivity index (χ4v) is 2.37. The minimum absolute atomic E-state index is 0.0775. The van der Waals surface area contributed by atoms with Crippen LogP contribution in [0.15, 0.2) is 30.3 Å². The summed E-state index contributed by atoms with van der Waals surface area (Å²) in [4.78, 5) is 20.3. The molecule has 23 heavy (non-hydrogen) atoms. The van der Waals surface area contributed by atoms with Gasteiger partial charge in [-0.15, -0.1) is 0 Å². The van der Waals surface area contributed by atoms with E-state index in [9.17, 15) is 23.1 Å². The number of carboxylic acids is 2. The summed E-state index contributed by atoms with van der Waals surface area (Å²) in [5.74, 6) is -3.90. The van der Waals surface area contributed by atoms with Crippen LogP contribution in [0.5, 0.6) is 0 Å². The first kappa shape index (κ1) is 19.0. The number of hydrogen-bond donors (Lipinski definition) is 3. The smallest absolute Gasteiger partial charge is 0.481 e. The number of benzene rings is 1. The Labute approximate surface area is 131 Å². The first-order valence-corrected chi connectivity index (χ1v) is 7.04. The van der Waals surface area contributed by atoms with Crippen molar-refractivity contribution in [3.05, 3.63) is 35.9 Å². The third-order valence-corrected chi connectivity index (χ3v) is 3.42. The molecule has 0 spiro atoms. The summed E-state index contributed by atoms with van der Waals surface area (Å²) in [5.41, 5.74) is 0.898. The normalized spacial score (nSPS) is 19.2. The van der Waals surface area contributed by atoms with E-state index in [4.69, 9.17) is 9.90 Å².